The van der Waals surface area contributed by atoms with Gasteiger partial charge in [-0.05, 0) is 76.7 Å². The van der Waals surface area contributed by atoms with Crippen molar-refractivity contribution in [3.8, 4) is 0 Å². The molecule has 1 aromatic carbocycles. The summed E-state index contributed by atoms with van der Waals surface area (Å²) in [6.07, 6.45) is 2.27. The second kappa shape index (κ2) is 10.6. The summed E-state index contributed by atoms with van der Waals surface area (Å²) in [7, 11) is 0. The van der Waals surface area contributed by atoms with Crippen LogP contribution in [0.3, 0.4) is 0 Å². The lowest BCUT2D eigenvalue weighted by molar-refractivity contribution is 0.164. The standard InChI is InChI=1S/C23H34FN5O/c1-5-25-23(27-14-20-7-6-16(2)21(24)12-20)26-13-19-8-10-29(11-9-19)15-22-28-17(3)18(4)30-22/h6-7,12,19H,5,8-11,13-15H2,1-4H3,(H2,25,26,27). The SMILES string of the molecule is CCNC(=NCc1ccc(C)c(F)c1)NCC1CCN(Cc2nc(C)c(C)o2)CC1. The van der Waals surface area contributed by atoms with E-state index in [0.29, 0.717) is 18.0 Å². The zero-order valence-corrected chi connectivity index (χ0v) is 18.6. The highest BCUT2D eigenvalue weighted by atomic mass is 19.1. The molecule has 0 unspecified atom stereocenters. The first-order valence-corrected chi connectivity index (χ1v) is 10.9. The first-order chi connectivity index (χ1) is 14.4. The quantitative estimate of drug-likeness (QED) is 0.533. The molecule has 0 saturated carbocycles. The van der Waals surface area contributed by atoms with Crippen LogP contribution in [-0.4, -0.2) is 42.0 Å². The molecule has 0 amide bonds. The highest BCUT2D eigenvalue weighted by Gasteiger charge is 2.21. The Morgan fingerprint density at radius 3 is 2.63 bits per heavy atom. The fourth-order valence-corrected chi connectivity index (χ4v) is 3.63. The average Bonchev–Trinajstić information content (AvgIpc) is 3.04. The summed E-state index contributed by atoms with van der Waals surface area (Å²) in [5.74, 6) is 2.94. The predicted molar refractivity (Wildman–Crippen MR) is 118 cm³/mol. The molecular formula is C23H34FN5O. The van der Waals surface area contributed by atoms with E-state index in [1.165, 1.54) is 0 Å². The van der Waals surface area contributed by atoms with Crippen LogP contribution in [0.4, 0.5) is 4.39 Å². The molecule has 0 atom stereocenters. The van der Waals surface area contributed by atoms with E-state index >= 15 is 0 Å². The Morgan fingerprint density at radius 1 is 1.23 bits per heavy atom. The van der Waals surface area contributed by atoms with Crippen LogP contribution in [0.15, 0.2) is 27.6 Å². The normalized spacial score (nSPS) is 16.1. The molecule has 0 aliphatic carbocycles. The molecule has 0 radical (unpaired) electrons. The minimum Gasteiger partial charge on any atom is -0.444 e. The summed E-state index contributed by atoms with van der Waals surface area (Å²) >= 11 is 0. The highest BCUT2D eigenvalue weighted by molar-refractivity contribution is 5.79. The van der Waals surface area contributed by atoms with Crippen LogP contribution >= 0.6 is 0 Å². The largest absolute Gasteiger partial charge is 0.444 e. The molecule has 3 rings (SSSR count). The Hall–Kier alpha value is -2.41. The number of oxazole rings is 1. The van der Waals surface area contributed by atoms with Crippen molar-refractivity contribution in [2.24, 2.45) is 10.9 Å². The number of aliphatic imine (C=N–C) groups is 1. The number of guanidine groups is 1. The van der Waals surface area contributed by atoms with Gasteiger partial charge in [-0.3, -0.25) is 4.90 Å². The number of nitrogens with one attached hydrogen (secondary N) is 2. The maximum Gasteiger partial charge on any atom is 0.208 e. The molecule has 1 fully saturated rings. The van der Waals surface area contributed by atoms with Gasteiger partial charge in [0.05, 0.1) is 18.8 Å². The molecule has 6 nitrogen and oxygen atoms in total. The number of hydrogen-bond donors (Lipinski definition) is 2. The van der Waals surface area contributed by atoms with Gasteiger partial charge in [0.1, 0.15) is 11.6 Å². The third kappa shape index (κ3) is 6.29. The molecule has 7 heteroatoms. The molecule has 1 aliphatic heterocycles. The van der Waals surface area contributed by atoms with E-state index in [0.717, 1.165) is 74.4 Å². The zero-order chi connectivity index (χ0) is 21.5. The lowest BCUT2D eigenvalue weighted by atomic mass is 9.97. The molecule has 30 heavy (non-hydrogen) atoms. The summed E-state index contributed by atoms with van der Waals surface area (Å²) in [4.78, 5) is 11.5. The number of likely N-dealkylation sites (tertiary alicyclic amines) is 1. The van der Waals surface area contributed by atoms with E-state index in [9.17, 15) is 4.39 Å². The Balaban J connectivity index is 1.45. The van der Waals surface area contributed by atoms with Crippen LogP contribution in [0, 0.1) is 32.5 Å². The molecule has 1 aromatic heterocycles. The average molecular weight is 416 g/mol. The first kappa shape index (κ1) is 22.3. The van der Waals surface area contributed by atoms with Crippen LogP contribution in [0.2, 0.25) is 0 Å². The van der Waals surface area contributed by atoms with Gasteiger partial charge in [-0.1, -0.05) is 12.1 Å². The second-order valence-corrected chi connectivity index (χ2v) is 8.13. The molecule has 1 aliphatic rings. The molecule has 2 N–H and O–H groups in total. The number of piperidine rings is 1. The smallest absolute Gasteiger partial charge is 0.208 e. The van der Waals surface area contributed by atoms with E-state index < -0.39 is 0 Å². The van der Waals surface area contributed by atoms with Crippen molar-refractivity contribution in [3.63, 3.8) is 0 Å². The summed E-state index contributed by atoms with van der Waals surface area (Å²) in [6, 6.07) is 5.29. The van der Waals surface area contributed by atoms with Crippen molar-refractivity contribution in [2.45, 2.75) is 53.6 Å². The second-order valence-electron chi connectivity index (χ2n) is 8.13. The van der Waals surface area contributed by atoms with Gasteiger partial charge in [0.2, 0.25) is 5.89 Å². The summed E-state index contributed by atoms with van der Waals surface area (Å²) in [5, 5.41) is 6.74. The van der Waals surface area contributed by atoms with Crippen LogP contribution < -0.4 is 10.6 Å². The fraction of sp³-hybridized carbons (Fsp3) is 0.565. The van der Waals surface area contributed by atoms with Gasteiger partial charge in [0, 0.05) is 13.1 Å². The number of benzene rings is 1. The van der Waals surface area contributed by atoms with Crippen LogP contribution in [0.1, 0.15) is 48.2 Å². The highest BCUT2D eigenvalue weighted by Crippen LogP contribution is 2.19. The van der Waals surface area contributed by atoms with Gasteiger partial charge in [-0.2, -0.15) is 0 Å². The number of hydrogen-bond acceptors (Lipinski definition) is 4. The van der Waals surface area contributed by atoms with Crippen LogP contribution in [0.25, 0.3) is 0 Å². The fourth-order valence-electron chi connectivity index (χ4n) is 3.63. The lowest BCUT2D eigenvalue weighted by Crippen LogP contribution is -2.42. The number of nitrogens with zero attached hydrogens (tertiary/aromatic N) is 3. The predicted octanol–water partition coefficient (Wildman–Crippen LogP) is 3.71. The van der Waals surface area contributed by atoms with E-state index in [-0.39, 0.29) is 5.82 Å². The minimum absolute atomic E-state index is 0.178. The number of rotatable bonds is 7. The maximum absolute atomic E-state index is 13.7. The van der Waals surface area contributed by atoms with Crippen molar-refractivity contribution in [1.82, 2.24) is 20.5 Å². The minimum atomic E-state index is -0.178. The van der Waals surface area contributed by atoms with Crippen molar-refractivity contribution >= 4 is 5.96 Å². The summed E-state index contributed by atoms with van der Waals surface area (Å²) in [5.41, 5.74) is 2.51. The molecule has 1 saturated heterocycles. The number of halogens is 1. The van der Waals surface area contributed by atoms with Crippen molar-refractivity contribution in [2.75, 3.05) is 26.2 Å². The van der Waals surface area contributed by atoms with E-state index in [4.69, 9.17) is 4.42 Å². The Morgan fingerprint density at radius 2 is 2.00 bits per heavy atom. The van der Waals surface area contributed by atoms with E-state index in [1.54, 1.807) is 19.1 Å². The summed E-state index contributed by atoms with van der Waals surface area (Å²) in [6.45, 7) is 12.8. The Labute approximate surface area is 179 Å². The van der Waals surface area contributed by atoms with Crippen LogP contribution in [0.5, 0.6) is 0 Å². The monoisotopic (exact) mass is 415 g/mol. The van der Waals surface area contributed by atoms with Gasteiger partial charge < -0.3 is 15.1 Å². The van der Waals surface area contributed by atoms with Gasteiger partial charge in [0.15, 0.2) is 5.96 Å². The van der Waals surface area contributed by atoms with Crippen molar-refractivity contribution in [1.29, 1.82) is 0 Å². The third-order valence-electron chi connectivity index (χ3n) is 5.70. The van der Waals surface area contributed by atoms with Crippen molar-refractivity contribution in [3.05, 3.63) is 52.5 Å². The Bertz CT molecular complexity index is 836. The topological polar surface area (TPSA) is 65.7 Å². The maximum atomic E-state index is 13.7. The van der Waals surface area contributed by atoms with Gasteiger partial charge in [0.25, 0.3) is 0 Å². The molecule has 0 bridgehead atoms. The van der Waals surface area contributed by atoms with Gasteiger partial charge in [-0.15, -0.1) is 0 Å². The van der Waals surface area contributed by atoms with E-state index in [2.05, 4.69) is 25.5 Å². The zero-order valence-electron chi connectivity index (χ0n) is 18.6. The van der Waals surface area contributed by atoms with Crippen LogP contribution in [-0.2, 0) is 13.1 Å². The summed E-state index contributed by atoms with van der Waals surface area (Å²) < 4.78 is 19.5. The molecule has 164 valence electrons. The molecule has 2 aromatic rings. The Kier molecular flexibility index (Phi) is 7.85. The van der Waals surface area contributed by atoms with Gasteiger partial charge >= 0.3 is 0 Å². The lowest BCUT2D eigenvalue weighted by Gasteiger charge is -2.31. The first-order valence-electron chi connectivity index (χ1n) is 10.9. The van der Waals surface area contributed by atoms with E-state index in [1.807, 2.05) is 26.8 Å². The molecule has 2 heterocycles. The van der Waals surface area contributed by atoms with Gasteiger partial charge in [-0.25, -0.2) is 14.4 Å². The third-order valence-corrected chi connectivity index (χ3v) is 5.70. The number of aromatic nitrogens is 1. The molecular weight excluding hydrogens is 381 g/mol. The van der Waals surface area contributed by atoms with Crippen molar-refractivity contribution < 1.29 is 8.81 Å². The number of aryl methyl sites for hydroxylation is 3. The molecule has 0 spiro atoms.